The molecule has 0 unspecified atom stereocenters. The maximum absolute atomic E-state index is 6.24. The van der Waals surface area contributed by atoms with Gasteiger partial charge in [0.25, 0.3) is 0 Å². The molecule has 2 rings (SSSR count). The molecule has 0 aliphatic heterocycles. The average Bonchev–Trinajstić information content (AvgIpc) is 2.95. The number of rotatable bonds is 12. The Labute approximate surface area is 242 Å². The molecule has 3 N–H and O–H groups in total. The van der Waals surface area contributed by atoms with Gasteiger partial charge in [0.15, 0.2) is 0 Å². The molecule has 0 fully saturated rings. The van der Waals surface area contributed by atoms with Gasteiger partial charge >= 0.3 is 0 Å². The molecule has 0 heterocycles. The fourth-order valence-corrected chi connectivity index (χ4v) is 4.14. The third-order valence-electron chi connectivity index (χ3n) is 6.59. The molecule has 2 aromatic carbocycles. The van der Waals surface area contributed by atoms with Gasteiger partial charge in [-0.05, 0) is 104 Å². The average molecular weight is 529 g/mol. The van der Waals surface area contributed by atoms with Crippen LogP contribution in [0.3, 0.4) is 0 Å². The van der Waals surface area contributed by atoms with Gasteiger partial charge in [-0.1, -0.05) is 110 Å². The minimum atomic E-state index is 0.671. The molecule has 2 aromatic rings. The summed E-state index contributed by atoms with van der Waals surface area (Å²) in [7, 11) is 0. The van der Waals surface area contributed by atoms with E-state index in [9.17, 15) is 0 Å². The molecule has 0 saturated carbocycles. The van der Waals surface area contributed by atoms with Crippen LogP contribution in [0.25, 0.3) is 16.8 Å². The van der Waals surface area contributed by atoms with Gasteiger partial charge < -0.3 is 11.1 Å². The Balaban J connectivity index is 2.30. The SMILES string of the molecule is C=CC(/C=C(C)/C(C=C)=C(N)/C=C\C)=C(\C=C/C)NC(=C)c1ccc(/C(C)=C/C=C(\C)c2ccc(C)cc2)cc1. The normalized spacial score (nSPS) is 14.2. The third kappa shape index (κ3) is 9.03. The molecule has 0 aliphatic carbocycles. The van der Waals surface area contributed by atoms with Crippen LogP contribution in [0, 0.1) is 6.92 Å². The second-order valence-corrected chi connectivity index (χ2v) is 9.72. The molecule has 0 atom stereocenters. The van der Waals surface area contributed by atoms with E-state index in [1.165, 1.54) is 27.8 Å². The van der Waals surface area contributed by atoms with Crippen molar-refractivity contribution in [3.63, 3.8) is 0 Å². The van der Waals surface area contributed by atoms with E-state index in [-0.39, 0.29) is 0 Å². The van der Waals surface area contributed by atoms with Crippen LogP contribution in [0.4, 0.5) is 0 Å². The van der Waals surface area contributed by atoms with Crippen LogP contribution >= 0.6 is 0 Å². The van der Waals surface area contributed by atoms with Gasteiger partial charge in [-0.3, -0.25) is 0 Å². The molecule has 0 aromatic heterocycles. The zero-order valence-corrected chi connectivity index (χ0v) is 25.0. The molecule has 2 heteroatoms. The Morgan fingerprint density at radius 3 is 1.73 bits per heavy atom. The molecule has 40 heavy (non-hydrogen) atoms. The van der Waals surface area contributed by atoms with Crippen LogP contribution in [-0.4, -0.2) is 0 Å². The van der Waals surface area contributed by atoms with E-state index >= 15 is 0 Å². The van der Waals surface area contributed by atoms with E-state index < -0.39 is 0 Å². The van der Waals surface area contributed by atoms with Crippen molar-refractivity contribution in [1.29, 1.82) is 0 Å². The highest BCUT2D eigenvalue weighted by Crippen LogP contribution is 2.23. The van der Waals surface area contributed by atoms with Crippen molar-refractivity contribution < 1.29 is 0 Å². The van der Waals surface area contributed by atoms with Crippen molar-refractivity contribution in [3.8, 4) is 0 Å². The Morgan fingerprint density at radius 1 is 0.750 bits per heavy atom. The fraction of sp³-hybridized carbons (Fsp3) is 0.158. The third-order valence-corrected chi connectivity index (χ3v) is 6.59. The van der Waals surface area contributed by atoms with E-state index in [0.717, 1.165) is 33.7 Å². The first-order valence-electron chi connectivity index (χ1n) is 13.6. The summed E-state index contributed by atoms with van der Waals surface area (Å²) in [6, 6.07) is 17.1. The van der Waals surface area contributed by atoms with Gasteiger partial charge in [0, 0.05) is 17.1 Å². The maximum atomic E-state index is 6.24. The van der Waals surface area contributed by atoms with E-state index in [1.807, 2.05) is 51.2 Å². The van der Waals surface area contributed by atoms with Crippen LogP contribution in [0.15, 0.2) is 151 Å². The smallest absolute Gasteiger partial charge is 0.0454 e. The van der Waals surface area contributed by atoms with Crippen molar-refractivity contribution >= 4 is 16.8 Å². The maximum Gasteiger partial charge on any atom is 0.0454 e. The fourth-order valence-electron chi connectivity index (χ4n) is 4.14. The highest BCUT2D eigenvalue weighted by Gasteiger charge is 2.07. The van der Waals surface area contributed by atoms with Gasteiger partial charge in [0.2, 0.25) is 0 Å². The number of hydrogen-bond donors (Lipinski definition) is 2. The topological polar surface area (TPSA) is 38.0 Å². The summed E-state index contributed by atoms with van der Waals surface area (Å²) in [5.41, 5.74) is 18.5. The highest BCUT2D eigenvalue weighted by molar-refractivity contribution is 5.73. The second-order valence-electron chi connectivity index (χ2n) is 9.72. The van der Waals surface area contributed by atoms with Crippen LogP contribution in [0.1, 0.15) is 56.9 Å². The second kappa shape index (κ2) is 15.8. The highest BCUT2D eigenvalue weighted by atomic mass is 14.9. The molecular formula is C38H44N2. The van der Waals surface area contributed by atoms with Crippen LogP contribution < -0.4 is 11.1 Å². The van der Waals surface area contributed by atoms with Gasteiger partial charge in [0.1, 0.15) is 0 Å². The monoisotopic (exact) mass is 528 g/mol. The van der Waals surface area contributed by atoms with Gasteiger partial charge in [-0.25, -0.2) is 0 Å². The van der Waals surface area contributed by atoms with E-state index in [4.69, 9.17) is 5.73 Å². The molecule has 206 valence electrons. The Kier molecular flexibility index (Phi) is 12.5. The first kappa shape index (κ1) is 31.7. The number of nitrogens with two attached hydrogens (primary N) is 1. The zero-order chi connectivity index (χ0) is 29.7. The van der Waals surface area contributed by atoms with E-state index in [0.29, 0.717) is 5.70 Å². The Hall–Kier alpha value is -4.56. The molecule has 0 radical (unpaired) electrons. The molecular weight excluding hydrogens is 484 g/mol. The standard InChI is InChI=1S/C38H44N2/c1-10-14-37(39)36(13-4)30(8)26-32(12-3)38(15-11-2)40-31(9)35-24-22-34(23-25-35)29(7)19-18-28(6)33-20-16-27(5)17-21-33/h10-26,40H,3-4,9,39H2,1-2,5-8H3/b14-10-,15-11-,28-18+,29-19+,30-26+,37-36-,38-32-. The van der Waals surface area contributed by atoms with Gasteiger partial charge in [0.05, 0.1) is 0 Å². The summed E-state index contributed by atoms with van der Waals surface area (Å²) in [6.07, 6.45) is 17.8. The summed E-state index contributed by atoms with van der Waals surface area (Å²) in [5.74, 6) is 0. The van der Waals surface area contributed by atoms with Crippen molar-refractivity contribution in [2.75, 3.05) is 0 Å². The van der Waals surface area contributed by atoms with E-state index in [2.05, 4.69) is 113 Å². The van der Waals surface area contributed by atoms with Crippen molar-refractivity contribution in [1.82, 2.24) is 5.32 Å². The van der Waals surface area contributed by atoms with Crippen molar-refractivity contribution in [2.24, 2.45) is 5.73 Å². The largest absolute Gasteiger partial charge is 0.398 e. The first-order valence-corrected chi connectivity index (χ1v) is 13.6. The lowest BCUT2D eigenvalue weighted by atomic mass is 10.0. The summed E-state index contributed by atoms with van der Waals surface area (Å²) in [6.45, 7) is 24.6. The Morgan fingerprint density at radius 2 is 1.25 bits per heavy atom. The number of hydrogen-bond acceptors (Lipinski definition) is 2. The minimum absolute atomic E-state index is 0.671. The molecule has 0 aliphatic rings. The van der Waals surface area contributed by atoms with Crippen LogP contribution in [0.2, 0.25) is 0 Å². The molecule has 0 spiro atoms. The lowest BCUT2D eigenvalue weighted by Crippen LogP contribution is -2.11. The number of aryl methyl sites for hydroxylation is 1. The zero-order valence-electron chi connectivity index (χ0n) is 25.0. The first-order chi connectivity index (χ1) is 19.1. The quantitative estimate of drug-likeness (QED) is 0.269. The minimum Gasteiger partial charge on any atom is -0.398 e. The van der Waals surface area contributed by atoms with Crippen LogP contribution in [-0.2, 0) is 0 Å². The summed E-state index contributed by atoms with van der Waals surface area (Å²) in [5, 5.41) is 3.48. The summed E-state index contributed by atoms with van der Waals surface area (Å²) >= 11 is 0. The molecule has 0 saturated heterocycles. The molecule has 0 bridgehead atoms. The lowest BCUT2D eigenvalue weighted by molar-refractivity contribution is 1.12. The van der Waals surface area contributed by atoms with Crippen LogP contribution in [0.5, 0.6) is 0 Å². The number of allylic oxidation sites excluding steroid dienone is 14. The molecule has 0 amide bonds. The summed E-state index contributed by atoms with van der Waals surface area (Å²) < 4.78 is 0. The van der Waals surface area contributed by atoms with Gasteiger partial charge in [-0.2, -0.15) is 0 Å². The molecule has 2 nitrogen and oxygen atoms in total. The summed E-state index contributed by atoms with van der Waals surface area (Å²) in [4.78, 5) is 0. The van der Waals surface area contributed by atoms with Crippen molar-refractivity contribution in [3.05, 3.63) is 173 Å². The van der Waals surface area contributed by atoms with Gasteiger partial charge in [-0.15, -0.1) is 0 Å². The number of benzene rings is 2. The Bertz CT molecular complexity index is 1430. The van der Waals surface area contributed by atoms with E-state index in [1.54, 1.807) is 6.08 Å². The number of nitrogens with one attached hydrogen (secondary N) is 1. The lowest BCUT2D eigenvalue weighted by Gasteiger charge is -2.15. The predicted octanol–water partition coefficient (Wildman–Crippen LogP) is 10.00. The van der Waals surface area contributed by atoms with Crippen molar-refractivity contribution in [2.45, 2.75) is 41.5 Å². The predicted molar refractivity (Wildman–Crippen MR) is 179 cm³/mol.